The van der Waals surface area contributed by atoms with Gasteiger partial charge in [-0.25, -0.2) is 0 Å². The predicted molar refractivity (Wildman–Crippen MR) is 83.6 cm³/mol. The van der Waals surface area contributed by atoms with Gasteiger partial charge in [-0.05, 0) is 42.9 Å². The summed E-state index contributed by atoms with van der Waals surface area (Å²) in [6.07, 6.45) is 8.53. The Morgan fingerprint density at radius 2 is 1.55 bits per heavy atom. The summed E-state index contributed by atoms with van der Waals surface area (Å²) in [4.78, 5) is 12.1. The van der Waals surface area contributed by atoms with Crippen LogP contribution in [-0.2, 0) is 4.79 Å². The number of carbonyl (C=O) groups is 1. The monoisotopic (exact) mass is 280 g/mol. The Morgan fingerprint density at radius 3 is 2.10 bits per heavy atom. The van der Waals surface area contributed by atoms with Crippen LogP contribution in [0.15, 0.2) is 0 Å². The second kappa shape index (κ2) is 6.05. The van der Waals surface area contributed by atoms with Crippen molar-refractivity contribution in [2.45, 2.75) is 84.7 Å². The van der Waals surface area contributed by atoms with Crippen LogP contribution in [0.3, 0.4) is 0 Å². The quantitative estimate of drug-likeness (QED) is 0.830. The molecule has 0 aromatic heterocycles. The first-order valence-corrected chi connectivity index (χ1v) is 8.29. The Bertz CT molecular complexity index is 327. The van der Waals surface area contributed by atoms with Crippen molar-refractivity contribution in [3.05, 3.63) is 0 Å². The molecule has 2 aliphatic rings. The van der Waals surface area contributed by atoms with Crippen LogP contribution in [0.4, 0.5) is 0 Å². The van der Waals surface area contributed by atoms with E-state index in [0.717, 1.165) is 12.8 Å². The summed E-state index contributed by atoms with van der Waals surface area (Å²) in [5, 5.41) is 6.65. The molecular formula is C17H32N2O. The van der Waals surface area contributed by atoms with Gasteiger partial charge < -0.3 is 10.6 Å². The van der Waals surface area contributed by atoms with Gasteiger partial charge in [0.05, 0.1) is 6.54 Å². The van der Waals surface area contributed by atoms with E-state index in [1.807, 2.05) is 0 Å². The Morgan fingerprint density at radius 1 is 1.00 bits per heavy atom. The van der Waals surface area contributed by atoms with E-state index in [2.05, 4.69) is 38.3 Å². The molecule has 2 saturated carbocycles. The van der Waals surface area contributed by atoms with Gasteiger partial charge in [0.25, 0.3) is 0 Å². The molecule has 0 heterocycles. The van der Waals surface area contributed by atoms with Crippen molar-refractivity contribution in [1.82, 2.24) is 10.6 Å². The van der Waals surface area contributed by atoms with Gasteiger partial charge in [0.15, 0.2) is 0 Å². The fourth-order valence-electron chi connectivity index (χ4n) is 4.59. The molecule has 1 amide bonds. The lowest BCUT2D eigenvalue weighted by Gasteiger charge is -2.45. The zero-order valence-electron chi connectivity index (χ0n) is 13.7. The molecule has 116 valence electrons. The maximum atomic E-state index is 12.1. The summed E-state index contributed by atoms with van der Waals surface area (Å²) in [6, 6.07) is 0.909. The van der Waals surface area contributed by atoms with Crippen LogP contribution in [0.5, 0.6) is 0 Å². The largest absolute Gasteiger partial charge is 0.352 e. The van der Waals surface area contributed by atoms with Gasteiger partial charge in [0, 0.05) is 12.1 Å². The molecule has 20 heavy (non-hydrogen) atoms. The standard InChI is InChI=1S/C17H32N2O/c1-16(2)9-14(10-17(3,4)12-16)19-15(20)11-18-13-7-5-6-8-13/h13-14,18H,5-12H2,1-4H3,(H,19,20). The van der Waals surface area contributed by atoms with Crippen molar-refractivity contribution in [3.8, 4) is 0 Å². The van der Waals surface area contributed by atoms with Crippen molar-refractivity contribution < 1.29 is 4.79 Å². The number of nitrogens with one attached hydrogen (secondary N) is 2. The summed E-state index contributed by atoms with van der Waals surface area (Å²) in [5.74, 6) is 0.176. The lowest BCUT2D eigenvalue weighted by molar-refractivity contribution is -0.121. The van der Waals surface area contributed by atoms with E-state index in [1.54, 1.807) is 0 Å². The van der Waals surface area contributed by atoms with E-state index in [0.29, 0.717) is 29.5 Å². The molecule has 3 nitrogen and oxygen atoms in total. The van der Waals surface area contributed by atoms with E-state index in [-0.39, 0.29) is 5.91 Å². The normalized spacial score (nSPS) is 26.6. The fraction of sp³-hybridized carbons (Fsp3) is 0.941. The minimum Gasteiger partial charge on any atom is -0.352 e. The molecule has 2 fully saturated rings. The highest BCUT2D eigenvalue weighted by atomic mass is 16.2. The molecule has 0 aromatic rings. The molecule has 0 atom stereocenters. The highest BCUT2D eigenvalue weighted by Crippen LogP contribution is 2.45. The highest BCUT2D eigenvalue weighted by molar-refractivity contribution is 5.78. The molecule has 0 saturated heterocycles. The van der Waals surface area contributed by atoms with Gasteiger partial charge in [0.2, 0.25) is 5.91 Å². The number of hydrogen-bond acceptors (Lipinski definition) is 2. The van der Waals surface area contributed by atoms with Gasteiger partial charge in [-0.3, -0.25) is 4.79 Å². The molecule has 2 aliphatic carbocycles. The molecule has 0 unspecified atom stereocenters. The summed E-state index contributed by atoms with van der Waals surface area (Å²) < 4.78 is 0. The zero-order chi connectivity index (χ0) is 14.8. The average Bonchev–Trinajstić information content (AvgIpc) is 2.74. The summed E-state index contributed by atoms with van der Waals surface area (Å²) in [5.41, 5.74) is 0.664. The van der Waals surface area contributed by atoms with Crippen LogP contribution >= 0.6 is 0 Å². The topological polar surface area (TPSA) is 41.1 Å². The molecule has 2 N–H and O–H groups in total. The minimum atomic E-state index is 0.176. The number of carbonyl (C=O) groups excluding carboxylic acids is 1. The zero-order valence-corrected chi connectivity index (χ0v) is 13.7. The summed E-state index contributed by atoms with van der Waals surface area (Å²) in [6.45, 7) is 9.78. The van der Waals surface area contributed by atoms with Crippen LogP contribution in [0.25, 0.3) is 0 Å². The average molecular weight is 280 g/mol. The van der Waals surface area contributed by atoms with E-state index >= 15 is 0 Å². The lowest BCUT2D eigenvalue weighted by atomic mass is 9.63. The third-order valence-electron chi connectivity index (χ3n) is 4.83. The first-order chi connectivity index (χ1) is 9.26. The summed E-state index contributed by atoms with van der Waals surface area (Å²) >= 11 is 0. The Labute approximate surface area is 124 Å². The van der Waals surface area contributed by atoms with Crippen molar-refractivity contribution in [3.63, 3.8) is 0 Å². The molecule has 2 rings (SSSR count). The van der Waals surface area contributed by atoms with Gasteiger partial charge in [-0.1, -0.05) is 40.5 Å². The molecule has 0 bridgehead atoms. The number of hydrogen-bond donors (Lipinski definition) is 2. The smallest absolute Gasteiger partial charge is 0.234 e. The molecule has 0 aromatic carbocycles. The van der Waals surface area contributed by atoms with Crippen molar-refractivity contribution in [2.24, 2.45) is 10.8 Å². The Balaban J connectivity index is 1.78. The highest BCUT2D eigenvalue weighted by Gasteiger charge is 2.38. The number of amides is 1. The van der Waals surface area contributed by atoms with E-state index in [9.17, 15) is 4.79 Å². The van der Waals surface area contributed by atoms with Crippen LogP contribution in [0, 0.1) is 10.8 Å². The first-order valence-electron chi connectivity index (χ1n) is 8.29. The van der Waals surface area contributed by atoms with Gasteiger partial charge in [0.1, 0.15) is 0 Å². The molecule has 0 spiro atoms. The van der Waals surface area contributed by atoms with Crippen LogP contribution < -0.4 is 10.6 Å². The summed E-state index contributed by atoms with van der Waals surface area (Å²) in [7, 11) is 0. The van der Waals surface area contributed by atoms with Gasteiger partial charge >= 0.3 is 0 Å². The SMILES string of the molecule is CC1(C)CC(NC(=O)CNC2CCCC2)CC(C)(C)C1. The maximum Gasteiger partial charge on any atom is 0.234 e. The molecule has 3 heteroatoms. The number of rotatable bonds is 4. The van der Waals surface area contributed by atoms with Crippen molar-refractivity contribution >= 4 is 5.91 Å². The van der Waals surface area contributed by atoms with Crippen LogP contribution in [0.1, 0.15) is 72.6 Å². The van der Waals surface area contributed by atoms with Crippen LogP contribution in [-0.4, -0.2) is 24.5 Å². The molecule has 0 aliphatic heterocycles. The third-order valence-corrected chi connectivity index (χ3v) is 4.83. The van der Waals surface area contributed by atoms with Gasteiger partial charge in [-0.15, -0.1) is 0 Å². The van der Waals surface area contributed by atoms with E-state index in [4.69, 9.17) is 0 Å². The fourth-order valence-corrected chi connectivity index (χ4v) is 4.59. The first kappa shape index (κ1) is 15.8. The lowest BCUT2D eigenvalue weighted by Crippen LogP contribution is -2.48. The van der Waals surface area contributed by atoms with Crippen LogP contribution in [0.2, 0.25) is 0 Å². The third kappa shape index (κ3) is 4.76. The van der Waals surface area contributed by atoms with E-state index in [1.165, 1.54) is 32.1 Å². The Hall–Kier alpha value is -0.570. The second-order valence-corrected chi connectivity index (χ2v) is 8.54. The second-order valence-electron chi connectivity index (χ2n) is 8.54. The minimum absolute atomic E-state index is 0.176. The van der Waals surface area contributed by atoms with Crippen molar-refractivity contribution in [1.29, 1.82) is 0 Å². The Kier molecular flexibility index (Phi) is 4.78. The molecular weight excluding hydrogens is 248 g/mol. The maximum absolute atomic E-state index is 12.1. The van der Waals surface area contributed by atoms with Gasteiger partial charge in [-0.2, -0.15) is 0 Å². The van der Waals surface area contributed by atoms with E-state index < -0.39 is 0 Å². The van der Waals surface area contributed by atoms with Crippen molar-refractivity contribution in [2.75, 3.05) is 6.54 Å². The predicted octanol–water partition coefficient (Wildman–Crippen LogP) is 3.24. The molecule has 0 radical (unpaired) electrons.